The predicted octanol–water partition coefficient (Wildman–Crippen LogP) is -1.42. The molecule has 9 aliphatic rings. The van der Waals surface area contributed by atoms with Gasteiger partial charge in [-0.25, -0.2) is 0 Å². The number of aliphatic hydroxyl groups excluding tert-OH is 12. The van der Waals surface area contributed by atoms with Crippen LogP contribution in [-0.2, 0) is 42.6 Å². The molecule has 3 saturated carbocycles. The molecule has 5 heterocycles. The van der Waals surface area contributed by atoms with Crippen LogP contribution in [0.3, 0.4) is 0 Å². The lowest BCUT2D eigenvalue weighted by Gasteiger charge is -2.58. The molecule has 406 valence electrons. The molecule has 0 aromatic carbocycles. The fraction of sp³-hybridized carbons (Fsp3) is 0.920. The first-order valence-corrected chi connectivity index (χ1v) is 25.9. The summed E-state index contributed by atoms with van der Waals surface area (Å²) in [6.45, 7) is 9.28. The van der Waals surface area contributed by atoms with Crippen LogP contribution in [-0.4, -0.2) is 217 Å². The van der Waals surface area contributed by atoms with E-state index in [0.29, 0.717) is 36.5 Å². The summed E-state index contributed by atoms with van der Waals surface area (Å²) >= 11 is 0. The third-order valence-electron chi connectivity index (χ3n) is 18.5. The maximum Gasteiger partial charge on any atom is 0.187 e. The molecule has 7 fully saturated rings. The van der Waals surface area contributed by atoms with Crippen molar-refractivity contribution in [3.63, 3.8) is 0 Å². The molecule has 0 aromatic rings. The monoisotopic (exact) mass is 1020 g/mol. The highest BCUT2D eigenvalue weighted by atomic mass is 16.8. The average Bonchev–Trinajstić information content (AvgIpc) is 3.84. The van der Waals surface area contributed by atoms with Crippen molar-refractivity contribution < 1.29 is 104 Å². The number of aliphatic hydroxyl groups is 12. The zero-order chi connectivity index (χ0) is 51.0. The van der Waals surface area contributed by atoms with Crippen LogP contribution in [0.4, 0.5) is 0 Å². The van der Waals surface area contributed by atoms with Crippen molar-refractivity contribution >= 4 is 0 Å². The van der Waals surface area contributed by atoms with Crippen molar-refractivity contribution in [2.75, 3.05) is 26.4 Å². The second kappa shape index (κ2) is 21.5. The van der Waals surface area contributed by atoms with E-state index in [0.717, 1.165) is 50.7 Å². The first kappa shape index (κ1) is 54.3. The predicted molar refractivity (Wildman–Crippen MR) is 243 cm³/mol. The summed E-state index contributed by atoms with van der Waals surface area (Å²) in [4.78, 5) is 0. The Balaban J connectivity index is 0.846. The van der Waals surface area contributed by atoms with E-state index in [4.69, 9.17) is 42.6 Å². The highest BCUT2D eigenvalue weighted by molar-refractivity contribution is 5.30. The normalized spacial score (nSPS) is 52.5. The van der Waals surface area contributed by atoms with Gasteiger partial charge in [0.2, 0.25) is 0 Å². The van der Waals surface area contributed by atoms with Gasteiger partial charge in [-0.1, -0.05) is 32.4 Å². The minimum Gasteiger partial charge on any atom is -0.494 e. The zero-order valence-electron chi connectivity index (χ0n) is 41.3. The number of hydrogen-bond acceptors (Lipinski definition) is 21. The lowest BCUT2D eigenvalue weighted by atomic mass is 9.47. The van der Waals surface area contributed by atoms with Crippen molar-refractivity contribution in [3.05, 3.63) is 23.0 Å². The van der Waals surface area contributed by atoms with E-state index >= 15 is 0 Å². The molecule has 4 saturated heterocycles. The van der Waals surface area contributed by atoms with Crippen LogP contribution in [0, 0.1) is 40.4 Å². The SMILES string of the molecule is CC1=C(CC[C@@H](C)CO[C@@H]2O[C@H](CO)[C@@H](O)[C@H](O)[C@H]2O)O[C@H]2C[C@H]3[C@@H]4CC=C5C[C@@H](O[C@@H]6O[C@H](CO)[C@@H](O[C@@H]7OC[C@@H](O)[C@H](O)[C@H]7O)[C@H](O)[C@H]6O[C@@H]6O[C@@H](C)[C@H](O)[C@@H](O)[C@H]6O)CC[C@]5(C)[C@H]4CC[C@]3(C)[C@@H]12. The summed E-state index contributed by atoms with van der Waals surface area (Å²) in [5, 5.41) is 126. The van der Waals surface area contributed by atoms with Gasteiger partial charge < -0.3 is 104 Å². The van der Waals surface area contributed by atoms with E-state index in [1.807, 2.05) is 6.92 Å². The molecule has 0 amide bonds. The van der Waals surface area contributed by atoms with Crippen LogP contribution in [0.25, 0.3) is 0 Å². The number of allylic oxidation sites excluding steroid dienone is 2. The molecule has 0 spiro atoms. The van der Waals surface area contributed by atoms with E-state index in [1.165, 1.54) is 18.1 Å². The Bertz CT molecular complexity index is 1890. The maximum absolute atomic E-state index is 12.0. The van der Waals surface area contributed by atoms with Crippen LogP contribution in [0.2, 0.25) is 0 Å². The summed E-state index contributed by atoms with van der Waals surface area (Å²) < 4.78 is 54.5. The number of ether oxygens (including phenoxy) is 9. The molecule has 12 N–H and O–H groups in total. The lowest BCUT2D eigenvalue weighted by Crippen LogP contribution is -2.66. The topological polar surface area (TPSA) is 326 Å². The summed E-state index contributed by atoms with van der Waals surface area (Å²) in [7, 11) is 0. The zero-order valence-corrected chi connectivity index (χ0v) is 41.3. The Morgan fingerprint density at radius 3 is 2.11 bits per heavy atom. The highest BCUT2D eigenvalue weighted by Crippen LogP contribution is 2.69. The van der Waals surface area contributed by atoms with Gasteiger partial charge in [-0.3, -0.25) is 0 Å². The van der Waals surface area contributed by atoms with Crippen molar-refractivity contribution in [2.45, 2.75) is 221 Å². The van der Waals surface area contributed by atoms with Gasteiger partial charge in [0.15, 0.2) is 25.2 Å². The highest BCUT2D eigenvalue weighted by Gasteiger charge is 2.64. The molecular formula is C50H80O21. The van der Waals surface area contributed by atoms with Crippen molar-refractivity contribution in [1.82, 2.24) is 0 Å². The fourth-order valence-corrected chi connectivity index (χ4v) is 14.2. The molecule has 71 heavy (non-hydrogen) atoms. The van der Waals surface area contributed by atoms with E-state index in [2.05, 4.69) is 26.8 Å². The molecule has 5 aliphatic heterocycles. The third-order valence-corrected chi connectivity index (χ3v) is 18.5. The summed E-state index contributed by atoms with van der Waals surface area (Å²) in [6, 6.07) is 0. The smallest absolute Gasteiger partial charge is 0.187 e. The Morgan fingerprint density at radius 1 is 0.704 bits per heavy atom. The van der Waals surface area contributed by atoms with Gasteiger partial charge in [0.05, 0.1) is 44.4 Å². The Hall–Kier alpha value is -1.52. The summed E-state index contributed by atoms with van der Waals surface area (Å²) in [5.41, 5.74) is 2.60. The minimum absolute atomic E-state index is 0.0698. The lowest BCUT2D eigenvalue weighted by molar-refractivity contribution is -0.385. The van der Waals surface area contributed by atoms with Crippen LogP contribution in [0.15, 0.2) is 23.0 Å². The second-order valence-electron chi connectivity index (χ2n) is 22.8. The van der Waals surface area contributed by atoms with E-state index < -0.39 is 136 Å². The van der Waals surface area contributed by atoms with Gasteiger partial charge >= 0.3 is 0 Å². The number of rotatable bonds is 14. The van der Waals surface area contributed by atoms with Gasteiger partial charge in [0.25, 0.3) is 0 Å². The molecule has 28 atom stereocenters. The molecular weight excluding hydrogens is 937 g/mol. The molecule has 0 unspecified atom stereocenters. The van der Waals surface area contributed by atoms with Crippen molar-refractivity contribution in [1.29, 1.82) is 0 Å². The quantitative estimate of drug-likeness (QED) is 0.0889. The third kappa shape index (κ3) is 9.94. The molecule has 0 bridgehead atoms. The second-order valence-corrected chi connectivity index (χ2v) is 22.8. The minimum atomic E-state index is -1.73. The molecule has 0 radical (unpaired) electrons. The van der Waals surface area contributed by atoms with E-state index in [1.54, 1.807) is 0 Å². The van der Waals surface area contributed by atoms with Crippen molar-refractivity contribution in [2.24, 2.45) is 40.4 Å². The van der Waals surface area contributed by atoms with Crippen LogP contribution >= 0.6 is 0 Å². The summed E-state index contributed by atoms with van der Waals surface area (Å²) in [5.74, 6) is 2.81. The Labute approximate surface area is 414 Å². The van der Waals surface area contributed by atoms with E-state index in [-0.39, 0.29) is 36.1 Å². The fourth-order valence-electron chi connectivity index (χ4n) is 14.2. The first-order valence-electron chi connectivity index (χ1n) is 25.9. The largest absolute Gasteiger partial charge is 0.494 e. The Kier molecular flexibility index (Phi) is 16.4. The van der Waals surface area contributed by atoms with E-state index in [9.17, 15) is 61.3 Å². The van der Waals surface area contributed by atoms with Gasteiger partial charge in [-0.2, -0.15) is 0 Å². The van der Waals surface area contributed by atoms with Crippen LogP contribution in [0.5, 0.6) is 0 Å². The molecule has 4 aliphatic carbocycles. The average molecular weight is 1020 g/mol. The standard InChI is InChI=1S/C50H80O21/c1-20(18-63-45-40(60)38(58)36(56)31(16-51)68-45)6-9-29-21(2)33-30(67-29)15-27-25-8-7-23-14-24(10-12-49(23,4)26(25)11-13-50(27,33)5)66-48-44(71-47-41(61)37(57)34(54)22(3)65-47)42(62)43(32(17-52)69-48)70-46-39(59)35(55)28(53)19-64-46/h7,20,22,24-28,30-48,51-62H,6,8-19H2,1-5H3/t20-,22+,24+,25-,26+,27+,28-,30+,31-,32-,33+,34+,35+,36-,37-,38+,39-,40-,41-,42+,43-,44-,45-,46+,47+,48-,49+,50+/m1/s1. The maximum atomic E-state index is 12.0. The van der Waals surface area contributed by atoms with Gasteiger partial charge in [-0.05, 0) is 105 Å². The van der Waals surface area contributed by atoms with Gasteiger partial charge in [0, 0.05) is 12.3 Å². The molecule has 21 heteroatoms. The Morgan fingerprint density at radius 2 is 1.38 bits per heavy atom. The van der Waals surface area contributed by atoms with Crippen LogP contribution in [0.1, 0.15) is 92.4 Å². The van der Waals surface area contributed by atoms with Gasteiger partial charge in [-0.15, -0.1) is 0 Å². The summed E-state index contributed by atoms with van der Waals surface area (Å²) in [6.07, 6.45) is -17.6. The van der Waals surface area contributed by atoms with Crippen molar-refractivity contribution in [3.8, 4) is 0 Å². The van der Waals surface area contributed by atoms with Gasteiger partial charge in [0.1, 0.15) is 91.6 Å². The molecule has 0 aromatic heterocycles. The number of hydrogen-bond donors (Lipinski definition) is 12. The van der Waals surface area contributed by atoms with Crippen LogP contribution < -0.4 is 0 Å². The molecule has 21 nitrogen and oxygen atoms in total. The first-order chi connectivity index (χ1) is 33.7. The number of fused-ring (bicyclic) bond motifs is 7. The molecule has 9 rings (SSSR count).